The lowest BCUT2D eigenvalue weighted by molar-refractivity contribution is 0.583. The monoisotopic (exact) mass is 395 g/mol. The number of rotatable bonds is 3. The molecular weight excluding hydrogens is 374 g/mol. The number of benzene rings is 2. The van der Waals surface area contributed by atoms with Crippen LogP contribution in [0.25, 0.3) is 11.3 Å². The van der Waals surface area contributed by atoms with Crippen molar-refractivity contribution in [3.63, 3.8) is 0 Å². The van der Waals surface area contributed by atoms with Gasteiger partial charge in [0.2, 0.25) is 0 Å². The molecule has 28 heavy (non-hydrogen) atoms. The number of fused-ring (bicyclic) bond motifs is 1. The van der Waals surface area contributed by atoms with E-state index in [2.05, 4.69) is 10.2 Å². The molecule has 0 amide bonds. The second kappa shape index (κ2) is 6.60. The van der Waals surface area contributed by atoms with Crippen LogP contribution in [0, 0.1) is 13.8 Å². The molecule has 1 aromatic heterocycles. The van der Waals surface area contributed by atoms with Gasteiger partial charge in [-0.1, -0.05) is 18.2 Å². The number of hydrogen-bond donors (Lipinski definition) is 1. The number of nitrogens with zero attached hydrogens (tertiary/aromatic N) is 2. The predicted octanol–water partition coefficient (Wildman–Crippen LogP) is 3.19. The summed E-state index contributed by atoms with van der Waals surface area (Å²) in [5, 5.41) is 6.45. The summed E-state index contributed by atoms with van der Waals surface area (Å²) in [6.07, 6.45) is 0.689. The smallest absolute Gasteiger partial charge is 0.264 e. The summed E-state index contributed by atoms with van der Waals surface area (Å²) >= 11 is 0. The van der Waals surface area contributed by atoms with Gasteiger partial charge in [-0.05, 0) is 68.1 Å². The molecule has 0 unspecified atom stereocenters. The van der Waals surface area contributed by atoms with Gasteiger partial charge in [0.25, 0.3) is 15.6 Å². The second-order valence-corrected chi connectivity index (χ2v) is 8.99. The molecule has 1 aliphatic heterocycles. The minimum Gasteiger partial charge on any atom is -0.268 e. The average molecular weight is 395 g/mol. The molecule has 6 nitrogen and oxygen atoms in total. The Bertz CT molecular complexity index is 1210. The van der Waals surface area contributed by atoms with E-state index in [1.165, 1.54) is 10.4 Å². The SMILES string of the molecule is Cc1cc(-c2ccc(=O)[nH]n2)cc(S(=O)(=O)N2c3ccccc3C[C@@H]2C)c1C. The molecule has 0 fully saturated rings. The van der Waals surface area contributed by atoms with Crippen molar-refractivity contribution in [2.24, 2.45) is 0 Å². The molecular formula is C21H21N3O3S. The first-order chi connectivity index (χ1) is 13.3. The second-order valence-electron chi connectivity index (χ2n) is 7.21. The van der Waals surface area contributed by atoms with E-state index in [0.717, 1.165) is 16.8 Å². The van der Waals surface area contributed by atoms with Crippen LogP contribution in [0.15, 0.2) is 58.2 Å². The van der Waals surface area contributed by atoms with Crippen molar-refractivity contribution in [2.75, 3.05) is 4.31 Å². The molecule has 3 aromatic rings. The van der Waals surface area contributed by atoms with Gasteiger partial charge < -0.3 is 0 Å². The highest BCUT2D eigenvalue weighted by Crippen LogP contribution is 2.38. The van der Waals surface area contributed by atoms with Crippen LogP contribution in [-0.2, 0) is 16.4 Å². The Kier molecular flexibility index (Phi) is 4.34. The lowest BCUT2D eigenvalue weighted by Crippen LogP contribution is -2.36. The third-order valence-corrected chi connectivity index (χ3v) is 7.33. The lowest BCUT2D eigenvalue weighted by Gasteiger charge is -2.26. The van der Waals surface area contributed by atoms with E-state index in [0.29, 0.717) is 23.2 Å². The van der Waals surface area contributed by atoms with Crippen LogP contribution >= 0.6 is 0 Å². The van der Waals surface area contributed by atoms with Crippen LogP contribution in [0.5, 0.6) is 0 Å². The Labute approximate surface area is 163 Å². The van der Waals surface area contributed by atoms with E-state index < -0.39 is 10.0 Å². The molecule has 0 spiro atoms. The van der Waals surface area contributed by atoms with Gasteiger partial charge >= 0.3 is 0 Å². The number of hydrogen-bond acceptors (Lipinski definition) is 4. The highest BCUT2D eigenvalue weighted by molar-refractivity contribution is 7.93. The molecule has 2 heterocycles. The zero-order valence-corrected chi connectivity index (χ0v) is 16.7. The fourth-order valence-electron chi connectivity index (χ4n) is 3.76. The summed E-state index contributed by atoms with van der Waals surface area (Å²) in [5.41, 5.74) is 4.20. The van der Waals surface area contributed by atoms with Gasteiger partial charge in [0.1, 0.15) is 0 Å². The molecule has 0 saturated heterocycles. The Hall–Kier alpha value is -2.93. The minimum atomic E-state index is -3.76. The van der Waals surface area contributed by atoms with Crippen LogP contribution < -0.4 is 9.86 Å². The molecule has 2 aromatic carbocycles. The van der Waals surface area contributed by atoms with Gasteiger partial charge in [-0.2, -0.15) is 5.10 Å². The number of aromatic nitrogens is 2. The quantitative estimate of drug-likeness (QED) is 0.738. The van der Waals surface area contributed by atoms with Crippen LogP contribution in [-0.4, -0.2) is 24.7 Å². The summed E-state index contributed by atoms with van der Waals surface area (Å²) in [7, 11) is -3.76. The molecule has 0 saturated carbocycles. The Morgan fingerprint density at radius 2 is 1.86 bits per heavy atom. The van der Waals surface area contributed by atoms with Gasteiger partial charge in [0, 0.05) is 17.7 Å². The molecule has 1 N–H and O–H groups in total. The van der Waals surface area contributed by atoms with Crippen LogP contribution in [0.1, 0.15) is 23.6 Å². The van der Waals surface area contributed by atoms with Crippen molar-refractivity contribution >= 4 is 15.7 Å². The first-order valence-corrected chi connectivity index (χ1v) is 10.5. The zero-order chi connectivity index (χ0) is 20.1. The molecule has 144 valence electrons. The van der Waals surface area contributed by atoms with Crippen molar-refractivity contribution in [2.45, 2.75) is 38.1 Å². The number of H-pyrrole nitrogens is 1. The zero-order valence-electron chi connectivity index (χ0n) is 15.9. The van der Waals surface area contributed by atoms with E-state index in [1.807, 2.05) is 51.1 Å². The maximum atomic E-state index is 13.7. The van der Waals surface area contributed by atoms with Crippen molar-refractivity contribution in [3.8, 4) is 11.3 Å². The highest BCUT2D eigenvalue weighted by Gasteiger charge is 2.37. The van der Waals surface area contributed by atoms with Gasteiger partial charge in [-0.3, -0.25) is 9.10 Å². The Balaban J connectivity index is 1.89. The maximum Gasteiger partial charge on any atom is 0.264 e. The molecule has 0 bridgehead atoms. The van der Waals surface area contributed by atoms with Crippen LogP contribution in [0.2, 0.25) is 0 Å². The number of para-hydroxylation sites is 1. The average Bonchev–Trinajstić information content (AvgIpc) is 3.00. The van der Waals surface area contributed by atoms with Crippen molar-refractivity contribution in [1.29, 1.82) is 0 Å². The third kappa shape index (κ3) is 2.92. The van der Waals surface area contributed by atoms with Gasteiger partial charge in [0.05, 0.1) is 16.3 Å². The Morgan fingerprint density at radius 1 is 1.11 bits per heavy atom. The standard InChI is InChI=1S/C21H21N3O3S/c1-13-10-17(18-8-9-21(25)23-22-18)12-20(15(13)3)28(26,27)24-14(2)11-16-6-4-5-7-19(16)24/h4-10,12,14H,11H2,1-3H3,(H,23,25)/t14-/m0/s1. The lowest BCUT2D eigenvalue weighted by atomic mass is 10.0. The fraction of sp³-hybridized carbons (Fsp3) is 0.238. The topological polar surface area (TPSA) is 83.1 Å². The van der Waals surface area contributed by atoms with Crippen molar-refractivity contribution in [1.82, 2.24) is 10.2 Å². The normalized spacial score (nSPS) is 16.2. The van der Waals surface area contributed by atoms with E-state index in [-0.39, 0.29) is 16.5 Å². The number of aromatic amines is 1. The largest absolute Gasteiger partial charge is 0.268 e. The van der Waals surface area contributed by atoms with E-state index in [1.54, 1.807) is 12.1 Å². The maximum absolute atomic E-state index is 13.7. The number of anilines is 1. The molecule has 4 rings (SSSR count). The Morgan fingerprint density at radius 3 is 2.57 bits per heavy atom. The summed E-state index contributed by atoms with van der Waals surface area (Å²) in [4.78, 5) is 11.6. The third-order valence-electron chi connectivity index (χ3n) is 5.28. The van der Waals surface area contributed by atoms with Gasteiger partial charge in [-0.25, -0.2) is 13.5 Å². The summed E-state index contributed by atoms with van der Waals surface area (Å²) in [6, 6.07) is 14.0. The summed E-state index contributed by atoms with van der Waals surface area (Å²) < 4.78 is 28.9. The molecule has 1 aliphatic rings. The highest BCUT2D eigenvalue weighted by atomic mass is 32.2. The van der Waals surface area contributed by atoms with Crippen LogP contribution in [0.4, 0.5) is 5.69 Å². The first-order valence-electron chi connectivity index (χ1n) is 9.09. The van der Waals surface area contributed by atoms with Crippen molar-refractivity contribution in [3.05, 3.63) is 75.6 Å². The van der Waals surface area contributed by atoms with Gasteiger partial charge in [-0.15, -0.1) is 0 Å². The van der Waals surface area contributed by atoms with Gasteiger partial charge in [0.15, 0.2) is 0 Å². The minimum absolute atomic E-state index is 0.156. The van der Waals surface area contributed by atoms with Crippen LogP contribution in [0.3, 0.4) is 0 Å². The summed E-state index contributed by atoms with van der Waals surface area (Å²) in [6.45, 7) is 5.62. The molecule has 0 radical (unpaired) electrons. The van der Waals surface area contributed by atoms with E-state index in [4.69, 9.17) is 0 Å². The number of nitrogens with one attached hydrogen (secondary N) is 1. The predicted molar refractivity (Wildman–Crippen MR) is 109 cm³/mol. The molecule has 0 aliphatic carbocycles. The summed E-state index contributed by atoms with van der Waals surface area (Å²) in [5.74, 6) is 0. The number of sulfonamides is 1. The van der Waals surface area contributed by atoms with E-state index >= 15 is 0 Å². The van der Waals surface area contributed by atoms with E-state index in [9.17, 15) is 13.2 Å². The number of aryl methyl sites for hydroxylation is 1. The fourth-order valence-corrected chi connectivity index (χ4v) is 5.78. The molecule has 1 atom stereocenters. The first kappa shape index (κ1) is 18.4. The van der Waals surface area contributed by atoms with Crippen molar-refractivity contribution < 1.29 is 8.42 Å². The molecule has 7 heteroatoms.